The molecule has 4 aliphatic carbocycles. The quantitative estimate of drug-likeness (QED) is 0.308. The van der Waals surface area contributed by atoms with E-state index in [0.717, 1.165) is 56.3 Å². The molecule has 0 heterocycles. The Morgan fingerprint density at radius 2 is 1.81 bits per heavy atom. The summed E-state index contributed by atoms with van der Waals surface area (Å²) >= 11 is 0. The number of Topliss-reactive ketones (excluding diaryl/α,β-unsaturated/α-hetero) is 1. The lowest BCUT2D eigenvalue weighted by Crippen LogP contribution is -2.50. The molecular weight excluding hydrogens is 400 g/mol. The molecule has 0 amide bonds. The van der Waals surface area contributed by atoms with Gasteiger partial charge < -0.3 is 9.84 Å². The molecule has 4 heteroatoms. The van der Waals surface area contributed by atoms with E-state index in [1.54, 1.807) is 5.57 Å². The number of ether oxygens (including phenoxy) is 1. The van der Waals surface area contributed by atoms with E-state index in [9.17, 15) is 14.7 Å². The molecule has 182 valence electrons. The summed E-state index contributed by atoms with van der Waals surface area (Å²) in [5.74, 6) is 2.83. The second-order valence-corrected chi connectivity index (χ2v) is 11.5. The monoisotopic (exact) mass is 446 g/mol. The zero-order chi connectivity index (χ0) is 23.5. The van der Waals surface area contributed by atoms with Crippen molar-refractivity contribution in [3.63, 3.8) is 0 Å². The van der Waals surface area contributed by atoms with Gasteiger partial charge in [-0.15, -0.1) is 0 Å². The van der Waals surface area contributed by atoms with Gasteiger partial charge in [-0.1, -0.05) is 45.3 Å². The molecule has 0 aromatic rings. The Morgan fingerprint density at radius 3 is 2.47 bits per heavy atom. The Kier molecular flexibility index (Phi) is 8.28. The minimum Gasteiger partial charge on any atom is -0.466 e. The van der Waals surface area contributed by atoms with Crippen molar-refractivity contribution >= 4 is 11.8 Å². The smallest absolute Gasteiger partial charge is 0.302 e. The summed E-state index contributed by atoms with van der Waals surface area (Å²) in [6.45, 7) is 10.8. The third kappa shape index (κ3) is 5.00. The highest BCUT2D eigenvalue weighted by Crippen LogP contribution is 2.66. The lowest BCUT2D eigenvalue weighted by Gasteiger charge is -2.57. The molecule has 32 heavy (non-hydrogen) atoms. The van der Waals surface area contributed by atoms with Gasteiger partial charge in [0.05, 0.1) is 12.7 Å². The molecule has 0 radical (unpaired) electrons. The van der Waals surface area contributed by atoms with E-state index in [0.29, 0.717) is 23.7 Å². The van der Waals surface area contributed by atoms with E-state index in [1.807, 2.05) is 6.92 Å². The van der Waals surface area contributed by atoms with E-state index in [4.69, 9.17) is 4.74 Å². The fourth-order valence-electron chi connectivity index (χ4n) is 7.88. The highest BCUT2D eigenvalue weighted by Gasteiger charge is 2.59. The molecular formula is C28H46O4. The first-order chi connectivity index (χ1) is 15.1. The average molecular weight is 447 g/mol. The van der Waals surface area contributed by atoms with Gasteiger partial charge in [-0.05, 0) is 93.3 Å². The number of fused-ring (bicyclic) bond motifs is 5. The third-order valence-electron chi connectivity index (χ3n) is 9.62. The van der Waals surface area contributed by atoms with Crippen LogP contribution in [0.1, 0.15) is 105 Å². The van der Waals surface area contributed by atoms with E-state index < -0.39 is 0 Å². The molecule has 0 saturated heterocycles. The number of esters is 1. The first kappa shape index (κ1) is 25.5. The first-order valence-electron chi connectivity index (χ1n) is 13.1. The minimum absolute atomic E-state index is 0.117. The number of unbranched alkanes of at least 4 members (excludes halogenated alkanes) is 2. The first-order valence-corrected chi connectivity index (χ1v) is 13.1. The highest BCUT2D eigenvalue weighted by molar-refractivity contribution is 5.79. The topological polar surface area (TPSA) is 63.6 Å². The molecule has 0 aromatic carbocycles. The molecule has 7 atom stereocenters. The fraction of sp³-hybridized carbons (Fsp3) is 0.857. The third-order valence-corrected chi connectivity index (χ3v) is 9.62. The summed E-state index contributed by atoms with van der Waals surface area (Å²) in [5.41, 5.74) is 2.11. The molecule has 0 unspecified atom stereocenters. The molecule has 3 saturated carbocycles. The van der Waals surface area contributed by atoms with Crippen molar-refractivity contribution in [1.82, 2.24) is 0 Å². The standard InChI is InChI=1S/C21H32O2.C7H14O2/c1-13(22)17-6-7-18-16-5-4-14-12-15(23)8-10-20(14,2)19(16)9-11-21(17,18)3;1-3-4-5-6-9-7(2)8/h4,15-19,23H,5-12H2,1-3H3;3-6H2,1-2H3/t15-,16-,17+,18-,19-,20-,21+;/m0./s1. The van der Waals surface area contributed by atoms with Crippen LogP contribution in [0.2, 0.25) is 0 Å². The van der Waals surface area contributed by atoms with Crippen LogP contribution in [0, 0.1) is 34.5 Å². The van der Waals surface area contributed by atoms with E-state index in [-0.39, 0.29) is 17.5 Å². The molecule has 0 spiro atoms. The van der Waals surface area contributed by atoms with Crippen LogP contribution in [-0.2, 0) is 14.3 Å². The molecule has 1 N–H and O–H groups in total. The van der Waals surface area contributed by atoms with Crippen molar-refractivity contribution in [2.45, 2.75) is 111 Å². The number of ketones is 1. The van der Waals surface area contributed by atoms with Crippen LogP contribution in [0.5, 0.6) is 0 Å². The summed E-state index contributed by atoms with van der Waals surface area (Å²) in [6, 6.07) is 0. The lowest BCUT2D eigenvalue weighted by molar-refractivity contribution is -0.141. The lowest BCUT2D eigenvalue weighted by atomic mass is 9.47. The Hall–Kier alpha value is -1.16. The summed E-state index contributed by atoms with van der Waals surface area (Å²) in [4.78, 5) is 22.3. The van der Waals surface area contributed by atoms with Crippen molar-refractivity contribution in [3.05, 3.63) is 11.6 Å². The number of carbonyl (C=O) groups excluding carboxylic acids is 2. The molecule has 0 aliphatic heterocycles. The second kappa shape index (κ2) is 10.4. The van der Waals surface area contributed by atoms with Gasteiger partial charge in [-0.3, -0.25) is 9.59 Å². The molecule has 4 nitrogen and oxygen atoms in total. The van der Waals surface area contributed by atoms with Crippen LogP contribution in [-0.4, -0.2) is 29.6 Å². The van der Waals surface area contributed by atoms with Gasteiger partial charge in [0, 0.05) is 12.8 Å². The van der Waals surface area contributed by atoms with Crippen molar-refractivity contribution in [1.29, 1.82) is 0 Å². The van der Waals surface area contributed by atoms with E-state index in [1.165, 1.54) is 39.0 Å². The molecule has 0 aromatic heterocycles. The number of rotatable bonds is 5. The van der Waals surface area contributed by atoms with E-state index >= 15 is 0 Å². The van der Waals surface area contributed by atoms with Gasteiger partial charge in [0.25, 0.3) is 0 Å². The SMILES string of the molecule is CC(=O)[C@H]1CC[C@H]2[C@@H]3CC=C4C[C@@H](O)CC[C@]4(C)[C@H]3CC[C@]12C.CCCCCOC(C)=O. The Labute approximate surface area is 195 Å². The maximum absolute atomic E-state index is 12.2. The Morgan fingerprint density at radius 1 is 1.06 bits per heavy atom. The number of hydrogen-bond acceptors (Lipinski definition) is 4. The summed E-state index contributed by atoms with van der Waals surface area (Å²) in [7, 11) is 0. The largest absolute Gasteiger partial charge is 0.466 e. The number of carbonyl (C=O) groups is 2. The van der Waals surface area contributed by atoms with Crippen LogP contribution < -0.4 is 0 Å². The van der Waals surface area contributed by atoms with Gasteiger partial charge in [0.1, 0.15) is 5.78 Å². The van der Waals surface area contributed by atoms with Crippen LogP contribution in [0.4, 0.5) is 0 Å². The zero-order valence-electron chi connectivity index (χ0n) is 21.1. The van der Waals surface area contributed by atoms with E-state index in [2.05, 4.69) is 26.8 Å². The summed E-state index contributed by atoms with van der Waals surface area (Å²) in [5, 5.41) is 10.1. The van der Waals surface area contributed by atoms with Crippen LogP contribution in [0.25, 0.3) is 0 Å². The fourth-order valence-corrected chi connectivity index (χ4v) is 7.88. The second-order valence-electron chi connectivity index (χ2n) is 11.5. The predicted octanol–water partition coefficient (Wildman–Crippen LogP) is 6.26. The number of aliphatic hydroxyl groups excluding tert-OH is 1. The Balaban J connectivity index is 0.000000275. The highest BCUT2D eigenvalue weighted by atomic mass is 16.5. The average Bonchev–Trinajstić information content (AvgIpc) is 3.09. The van der Waals surface area contributed by atoms with Crippen LogP contribution in [0.15, 0.2) is 11.6 Å². The predicted molar refractivity (Wildman–Crippen MR) is 128 cm³/mol. The molecule has 4 rings (SSSR count). The van der Waals surface area contributed by atoms with Gasteiger partial charge in [0.15, 0.2) is 0 Å². The van der Waals surface area contributed by atoms with Gasteiger partial charge >= 0.3 is 5.97 Å². The maximum atomic E-state index is 12.2. The van der Waals surface area contributed by atoms with Gasteiger partial charge in [-0.25, -0.2) is 0 Å². The normalized spacial score (nSPS) is 40.1. The summed E-state index contributed by atoms with van der Waals surface area (Å²) in [6.07, 6.45) is 14.8. The van der Waals surface area contributed by atoms with Crippen LogP contribution >= 0.6 is 0 Å². The van der Waals surface area contributed by atoms with Crippen molar-refractivity contribution < 1.29 is 19.4 Å². The Bertz CT molecular complexity index is 712. The molecule has 4 aliphatic rings. The van der Waals surface area contributed by atoms with Gasteiger partial charge in [0.2, 0.25) is 0 Å². The van der Waals surface area contributed by atoms with Gasteiger partial charge in [-0.2, -0.15) is 0 Å². The summed E-state index contributed by atoms with van der Waals surface area (Å²) < 4.78 is 4.70. The zero-order valence-corrected chi connectivity index (χ0v) is 21.1. The van der Waals surface area contributed by atoms with Crippen molar-refractivity contribution in [2.24, 2.45) is 34.5 Å². The number of aliphatic hydroxyl groups is 1. The number of allylic oxidation sites excluding steroid dienone is 1. The number of hydrogen-bond donors (Lipinski definition) is 1. The minimum atomic E-state index is -0.175. The molecule has 3 fully saturated rings. The van der Waals surface area contributed by atoms with Crippen molar-refractivity contribution in [3.8, 4) is 0 Å². The van der Waals surface area contributed by atoms with Crippen LogP contribution in [0.3, 0.4) is 0 Å². The maximum Gasteiger partial charge on any atom is 0.302 e. The molecule has 0 bridgehead atoms. The van der Waals surface area contributed by atoms with Crippen molar-refractivity contribution in [2.75, 3.05) is 6.61 Å².